The van der Waals surface area contributed by atoms with Crippen molar-refractivity contribution in [3.8, 4) is 11.5 Å². The largest absolute Gasteiger partial charge is 0.490 e. The Hall–Kier alpha value is -1.49. The van der Waals surface area contributed by atoms with Gasteiger partial charge < -0.3 is 19.7 Å². The van der Waals surface area contributed by atoms with E-state index in [9.17, 15) is 10.2 Å². The summed E-state index contributed by atoms with van der Waals surface area (Å²) in [5.74, 6) is 1.60. The van der Waals surface area contributed by atoms with E-state index in [0.29, 0.717) is 17.9 Å². The van der Waals surface area contributed by atoms with Gasteiger partial charge in [0.1, 0.15) is 24.7 Å². The van der Waals surface area contributed by atoms with Crippen LogP contribution >= 0.6 is 11.6 Å². The average Bonchev–Trinajstić information content (AvgIpc) is 2.70. The highest BCUT2D eigenvalue weighted by Gasteiger charge is 2.25. The minimum atomic E-state index is -0.502. The summed E-state index contributed by atoms with van der Waals surface area (Å²) in [5, 5.41) is 22.3. The lowest BCUT2D eigenvalue weighted by Gasteiger charge is -2.26. The van der Waals surface area contributed by atoms with E-state index >= 15 is 0 Å². The van der Waals surface area contributed by atoms with Gasteiger partial charge in [0.25, 0.3) is 0 Å². The van der Waals surface area contributed by atoms with Crippen LogP contribution in [0.4, 0.5) is 0 Å². The van der Waals surface area contributed by atoms with Gasteiger partial charge in [0.05, 0.1) is 17.2 Å². The predicted molar refractivity (Wildman–Crippen MR) is 109 cm³/mol. The molecular formula is C22H29ClO4. The Balaban J connectivity index is 2.14. The number of rotatable bonds is 8. The summed E-state index contributed by atoms with van der Waals surface area (Å²) in [6, 6.07) is 5.76. The topological polar surface area (TPSA) is 58.9 Å². The first-order chi connectivity index (χ1) is 13.1. The van der Waals surface area contributed by atoms with Crippen LogP contribution < -0.4 is 9.47 Å². The van der Waals surface area contributed by atoms with Gasteiger partial charge >= 0.3 is 0 Å². The van der Waals surface area contributed by atoms with E-state index in [1.165, 1.54) is 0 Å². The Morgan fingerprint density at radius 3 is 2.07 bits per heavy atom. The van der Waals surface area contributed by atoms with Gasteiger partial charge in [-0.05, 0) is 44.6 Å². The van der Waals surface area contributed by atoms with Crippen molar-refractivity contribution in [3.63, 3.8) is 0 Å². The van der Waals surface area contributed by atoms with Crippen molar-refractivity contribution in [3.05, 3.63) is 34.3 Å². The van der Waals surface area contributed by atoms with Gasteiger partial charge in [0.15, 0.2) is 0 Å². The predicted octanol–water partition coefficient (Wildman–Crippen LogP) is 4.67. The average molecular weight is 393 g/mol. The molecule has 0 amide bonds. The fourth-order valence-corrected chi connectivity index (χ4v) is 3.84. The third-order valence-corrected chi connectivity index (χ3v) is 5.60. The molecule has 0 heterocycles. The first kappa shape index (κ1) is 20.2. The first-order valence-corrected chi connectivity index (χ1v) is 10.3. The van der Waals surface area contributed by atoms with Gasteiger partial charge in [0, 0.05) is 21.9 Å². The maximum Gasteiger partial charge on any atom is 0.132 e. The Bertz CT molecular complexity index is 790. The number of aliphatic hydroxyl groups is 2. The molecule has 0 saturated heterocycles. The van der Waals surface area contributed by atoms with Crippen molar-refractivity contribution in [2.45, 2.75) is 64.6 Å². The van der Waals surface area contributed by atoms with Gasteiger partial charge in [-0.2, -0.15) is 0 Å². The number of aliphatic hydroxyl groups excluding tert-OH is 2. The molecule has 0 aliphatic heterocycles. The zero-order valence-corrected chi connectivity index (χ0v) is 16.9. The normalized spacial score (nSPS) is 16.0. The molecule has 0 fully saturated rings. The molecule has 0 spiro atoms. The minimum Gasteiger partial charge on any atom is -0.490 e. The van der Waals surface area contributed by atoms with Crippen LogP contribution in [0.1, 0.15) is 50.7 Å². The summed E-state index contributed by atoms with van der Waals surface area (Å²) in [6.45, 7) is 4.39. The number of ether oxygens (including phenoxy) is 2. The van der Waals surface area contributed by atoms with Crippen molar-refractivity contribution in [1.82, 2.24) is 0 Å². The smallest absolute Gasteiger partial charge is 0.132 e. The van der Waals surface area contributed by atoms with Crippen molar-refractivity contribution < 1.29 is 19.7 Å². The number of hydrogen-bond donors (Lipinski definition) is 2. The van der Waals surface area contributed by atoms with E-state index in [1.54, 1.807) is 0 Å². The number of benzene rings is 2. The maximum atomic E-state index is 9.98. The summed E-state index contributed by atoms with van der Waals surface area (Å²) < 4.78 is 12.2. The minimum absolute atomic E-state index is 0.248. The van der Waals surface area contributed by atoms with Gasteiger partial charge in [-0.25, -0.2) is 0 Å². The molecule has 2 unspecified atom stereocenters. The number of fused-ring (bicyclic) bond motifs is 2. The molecule has 5 heteroatoms. The van der Waals surface area contributed by atoms with Crippen molar-refractivity contribution in [2.75, 3.05) is 13.2 Å². The summed E-state index contributed by atoms with van der Waals surface area (Å²) in [4.78, 5) is 0. The van der Waals surface area contributed by atoms with Crippen LogP contribution in [0.15, 0.2) is 18.2 Å². The summed E-state index contributed by atoms with van der Waals surface area (Å²) >= 11 is 6.57. The zero-order valence-electron chi connectivity index (χ0n) is 16.1. The second kappa shape index (κ2) is 9.13. The van der Waals surface area contributed by atoms with Gasteiger partial charge in [0.2, 0.25) is 0 Å². The van der Waals surface area contributed by atoms with E-state index in [1.807, 2.05) is 32.0 Å². The molecule has 0 aromatic heterocycles. The lowest BCUT2D eigenvalue weighted by atomic mass is 9.87. The number of hydrogen-bond acceptors (Lipinski definition) is 4. The first-order valence-electron chi connectivity index (χ1n) is 9.94. The summed E-state index contributed by atoms with van der Waals surface area (Å²) in [7, 11) is 0. The van der Waals surface area contributed by atoms with Gasteiger partial charge in [-0.1, -0.05) is 37.6 Å². The van der Waals surface area contributed by atoms with Crippen LogP contribution in [0, 0.1) is 0 Å². The van der Waals surface area contributed by atoms with Crippen LogP contribution in [-0.4, -0.2) is 35.6 Å². The molecule has 0 bridgehead atoms. The van der Waals surface area contributed by atoms with Crippen LogP contribution in [0.3, 0.4) is 0 Å². The van der Waals surface area contributed by atoms with Crippen LogP contribution in [0.2, 0.25) is 5.02 Å². The highest BCUT2D eigenvalue weighted by molar-refractivity contribution is 6.36. The molecule has 2 aromatic rings. The third kappa shape index (κ3) is 4.34. The van der Waals surface area contributed by atoms with Crippen LogP contribution in [0.25, 0.3) is 10.8 Å². The second-order valence-electron chi connectivity index (χ2n) is 7.23. The molecule has 4 nitrogen and oxygen atoms in total. The fraction of sp³-hybridized carbons (Fsp3) is 0.545. The molecule has 1 aliphatic rings. The monoisotopic (exact) mass is 392 g/mol. The highest BCUT2D eigenvalue weighted by Crippen LogP contribution is 2.46. The van der Waals surface area contributed by atoms with Crippen molar-refractivity contribution in [1.29, 1.82) is 0 Å². The molecule has 27 heavy (non-hydrogen) atoms. The molecule has 2 atom stereocenters. The maximum absolute atomic E-state index is 9.98. The van der Waals surface area contributed by atoms with E-state index in [0.717, 1.165) is 59.1 Å². The number of halogens is 1. The van der Waals surface area contributed by atoms with Gasteiger partial charge in [-0.15, -0.1) is 0 Å². The Kier molecular flexibility index (Phi) is 6.85. The van der Waals surface area contributed by atoms with E-state index in [-0.39, 0.29) is 13.2 Å². The highest BCUT2D eigenvalue weighted by atomic mass is 35.5. The Morgan fingerprint density at radius 2 is 1.48 bits per heavy atom. The molecule has 0 radical (unpaired) electrons. The Labute approximate surface area is 166 Å². The molecule has 0 saturated carbocycles. The quantitative estimate of drug-likeness (QED) is 0.685. The molecule has 148 valence electrons. The molecule has 2 N–H and O–H groups in total. The standard InChI is InChI=1S/C22H29ClO4/c1-3-14(24)12-26-21-16-8-5-6-9-17(16)22(27-13-15(25)4-2)20-18(21)10-7-11-19(20)23/h7,10-11,14-15,24-25H,3-6,8-9,12-13H2,1-2H3. The third-order valence-electron chi connectivity index (χ3n) is 5.28. The fourth-order valence-electron chi connectivity index (χ4n) is 3.58. The molecule has 1 aliphatic carbocycles. The lowest BCUT2D eigenvalue weighted by molar-refractivity contribution is 0.102. The zero-order chi connectivity index (χ0) is 19.4. The molecule has 3 rings (SSSR count). The summed E-state index contributed by atoms with van der Waals surface area (Å²) in [6.07, 6.45) is 4.31. The Morgan fingerprint density at radius 1 is 0.926 bits per heavy atom. The second-order valence-corrected chi connectivity index (χ2v) is 7.64. The molecule has 2 aromatic carbocycles. The molecular weight excluding hydrogens is 364 g/mol. The van der Waals surface area contributed by atoms with E-state index in [4.69, 9.17) is 21.1 Å². The lowest BCUT2D eigenvalue weighted by Crippen LogP contribution is -2.20. The summed E-state index contributed by atoms with van der Waals surface area (Å²) in [5.41, 5.74) is 2.28. The van der Waals surface area contributed by atoms with Crippen molar-refractivity contribution in [2.24, 2.45) is 0 Å². The van der Waals surface area contributed by atoms with E-state index < -0.39 is 12.2 Å². The SMILES string of the molecule is CCC(O)COc1c2c(c(OCC(O)CC)c3c(Cl)cccc13)CCCC2. The van der Waals surface area contributed by atoms with Gasteiger partial charge in [-0.3, -0.25) is 0 Å². The van der Waals surface area contributed by atoms with E-state index in [2.05, 4.69) is 0 Å². The van der Waals surface area contributed by atoms with Crippen LogP contribution in [0.5, 0.6) is 11.5 Å². The van der Waals surface area contributed by atoms with Crippen molar-refractivity contribution >= 4 is 22.4 Å². The van der Waals surface area contributed by atoms with Crippen LogP contribution in [-0.2, 0) is 12.8 Å².